The predicted octanol–water partition coefficient (Wildman–Crippen LogP) is 5.51. The number of aromatic hydroxyl groups is 2. The first kappa shape index (κ1) is 21.3. The molecule has 0 radical (unpaired) electrons. The van der Waals surface area contributed by atoms with E-state index in [2.05, 4.69) is 15.5 Å². The normalized spacial score (nSPS) is 11.5. The number of hydrazone groups is 1. The maximum atomic E-state index is 13.1. The maximum Gasteiger partial charge on any atom is 0.272 e. The summed E-state index contributed by atoms with van der Waals surface area (Å²) in [5.74, 6) is -0.454. The van der Waals surface area contributed by atoms with Gasteiger partial charge in [0, 0.05) is 21.5 Å². The first-order valence-corrected chi connectivity index (χ1v) is 10.4. The minimum atomic E-state index is -0.419. The number of carbonyl (C=O) groups excluding carboxylic acids is 1. The fourth-order valence-corrected chi connectivity index (χ4v) is 3.61. The van der Waals surface area contributed by atoms with Gasteiger partial charge in [0.1, 0.15) is 11.5 Å². The van der Waals surface area contributed by atoms with Gasteiger partial charge in [-0.05, 0) is 48.9 Å². The molecule has 0 aliphatic rings. The maximum absolute atomic E-state index is 13.1. The number of hydrogen-bond donors (Lipinski definition) is 3. The number of phenolic OH excluding ortho intramolecular Hbond substituents is 2. The molecule has 6 nitrogen and oxygen atoms in total. The Kier molecular flexibility index (Phi) is 6.05. The molecule has 1 heterocycles. The number of pyridine rings is 1. The lowest BCUT2D eigenvalue weighted by Crippen LogP contribution is -2.20. The highest BCUT2D eigenvalue weighted by Crippen LogP contribution is 2.27. The van der Waals surface area contributed by atoms with Crippen LogP contribution in [0.3, 0.4) is 0 Å². The van der Waals surface area contributed by atoms with Crippen LogP contribution >= 0.6 is 11.6 Å². The smallest absolute Gasteiger partial charge is 0.272 e. The summed E-state index contributed by atoms with van der Waals surface area (Å²) in [5, 5.41) is 25.3. The van der Waals surface area contributed by atoms with Crippen molar-refractivity contribution < 1.29 is 15.0 Å². The van der Waals surface area contributed by atoms with Crippen LogP contribution < -0.4 is 5.43 Å². The van der Waals surface area contributed by atoms with Gasteiger partial charge >= 0.3 is 0 Å². The van der Waals surface area contributed by atoms with Crippen LogP contribution in [-0.4, -0.2) is 26.8 Å². The molecule has 160 valence electrons. The summed E-state index contributed by atoms with van der Waals surface area (Å²) in [7, 11) is 0. The summed E-state index contributed by atoms with van der Waals surface area (Å²) in [6, 6.07) is 20.5. The average Bonchev–Trinajstić information content (AvgIpc) is 2.80. The van der Waals surface area contributed by atoms with E-state index in [0.717, 1.165) is 5.56 Å². The Morgan fingerprint density at radius 3 is 2.59 bits per heavy atom. The molecule has 0 saturated heterocycles. The van der Waals surface area contributed by atoms with E-state index in [-0.39, 0.29) is 11.5 Å². The van der Waals surface area contributed by atoms with Gasteiger partial charge in [0.05, 0.1) is 22.5 Å². The van der Waals surface area contributed by atoms with Gasteiger partial charge in [0.2, 0.25) is 0 Å². The Morgan fingerprint density at radius 1 is 1.00 bits per heavy atom. The van der Waals surface area contributed by atoms with Crippen LogP contribution in [0.1, 0.15) is 29.3 Å². The zero-order chi connectivity index (χ0) is 22.7. The molecule has 3 aromatic carbocycles. The summed E-state index contributed by atoms with van der Waals surface area (Å²) in [5.41, 5.74) is 5.84. The predicted molar refractivity (Wildman–Crippen MR) is 126 cm³/mol. The number of para-hydroxylation sites is 1. The highest BCUT2D eigenvalue weighted by molar-refractivity contribution is 6.30. The number of rotatable bonds is 5. The minimum Gasteiger partial charge on any atom is -0.508 e. The topological polar surface area (TPSA) is 94.8 Å². The van der Waals surface area contributed by atoms with Crippen LogP contribution in [0.2, 0.25) is 5.02 Å². The monoisotopic (exact) mass is 445 g/mol. The Labute approximate surface area is 189 Å². The van der Waals surface area contributed by atoms with Gasteiger partial charge in [0.15, 0.2) is 0 Å². The summed E-state index contributed by atoms with van der Waals surface area (Å²) in [4.78, 5) is 17.8. The second-order valence-corrected chi connectivity index (χ2v) is 7.57. The molecule has 4 aromatic rings. The summed E-state index contributed by atoms with van der Waals surface area (Å²) >= 11 is 6.13. The summed E-state index contributed by atoms with van der Waals surface area (Å²) in [6.45, 7) is 1.84. The second kappa shape index (κ2) is 9.08. The van der Waals surface area contributed by atoms with Gasteiger partial charge in [-0.25, -0.2) is 10.4 Å². The van der Waals surface area contributed by atoms with Crippen molar-refractivity contribution in [2.75, 3.05) is 0 Å². The van der Waals surface area contributed by atoms with Gasteiger partial charge in [-0.15, -0.1) is 0 Å². The average molecular weight is 446 g/mol. The molecule has 0 unspecified atom stereocenters. The number of benzene rings is 3. The minimum absolute atomic E-state index is 0.00318. The van der Waals surface area contributed by atoms with E-state index in [9.17, 15) is 15.0 Å². The van der Waals surface area contributed by atoms with Gasteiger partial charge in [0.25, 0.3) is 5.91 Å². The molecular formula is C25H20ClN3O3. The van der Waals surface area contributed by atoms with Gasteiger partial charge in [-0.3, -0.25) is 4.79 Å². The van der Waals surface area contributed by atoms with Crippen molar-refractivity contribution >= 4 is 34.1 Å². The molecule has 0 atom stereocenters. The number of nitrogens with zero attached hydrogens (tertiary/aromatic N) is 2. The second-order valence-electron chi connectivity index (χ2n) is 7.14. The van der Waals surface area contributed by atoms with E-state index in [0.29, 0.717) is 44.9 Å². The van der Waals surface area contributed by atoms with Crippen molar-refractivity contribution in [2.45, 2.75) is 13.3 Å². The van der Waals surface area contributed by atoms with Gasteiger partial charge in [-0.2, -0.15) is 5.10 Å². The van der Waals surface area contributed by atoms with Crippen molar-refractivity contribution in [3.63, 3.8) is 0 Å². The highest BCUT2D eigenvalue weighted by Gasteiger charge is 2.15. The van der Waals surface area contributed by atoms with Gasteiger partial charge < -0.3 is 10.2 Å². The van der Waals surface area contributed by atoms with E-state index in [4.69, 9.17) is 11.6 Å². The lowest BCUT2D eigenvalue weighted by molar-refractivity contribution is 0.0956. The van der Waals surface area contributed by atoms with Crippen molar-refractivity contribution in [2.24, 2.45) is 5.10 Å². The Balaban J connectivity index is 1.74. The zero-order valence-electron chi connectivity index (χ0n) is 17.2. The molecule has 0 aliphatic carbocycles. The first-order chi connectivity index (χ1) is 15.5. The fraction of sp³-hybridized carbons (Fsp3) is 0.0800. The van der Waals surface area contributed by atoms with Crippen LogP contribution in [0.15, 0.2) is 77.9 Å². The van der Waals surface area contributed by atoms with E-state index >= 15 is 0 Å². The molecule has 0 spiro atoms. The first-order valence-electron chi connectivity index (χ1n) is 10.0. The lowest BCUT2D eigenvalue weighted by Gasteiger charge is -2.11. The standard InChI is InChI=1S/C25H20ClN3O3/c1-2-21(20-13-17(30)10-11-24(20)31)28-29-25(32)19-14-23(15-6-5-7-16(26)12-15)27-22-9-4-3-8-18(19)22/h3-14,30-31H,2H2,1H3,(H,29,32)/b28-21+. The molecule has 1 aromatic heterocycles. The third-order valence-corrected chi connectivity index (χ3v) is 5.23. The van der Waals surface area contributed by atoms with Crippen LogP contribution in [0.5, 0.6) is 11.5 Å². The highest BCUT2D eigenvalue weighted by atomic mass is 35.5. The number of phenols is 2. The molecule has 0 fully saturated rings. The Bertz CT molecular complexity index is 1350. The summed E-state index contributed by atoms with van der Waals surface area (Å²) in [6.07, 6.45) is 0.433. The number of fused-ring (bicyclic) bond motifs is 1. The molecule has 4 rings (SSSR count). The fourth-order valence-electron chi connectivity index (χ4n) is 3.42. The van der Waals surface area contributed by atoms with Crippen LogP contribution in [0.25, 0.3) is 22.2 Å². The molecule has 3 N–H and O–H groups in total. The van der Waals surface area contributed by atoms with Crippen molar-refractivity contribution in [1.82, 2.24) is 10.4 Å². The number of nitrogens with one attached hydrogen (secondary N) is 1. The van der Waals surface area contributed by atoms with Crippen LogP contribution in [0.4, 0.5) is 0 Å². The largest absolute Gasteiger partial charge is 0.508 e. The number of halogens is 1. The Hall–Kier alpha value is -3.90. The van der Waals surface area contributed by atoms with Gasteiger partial charge in [-0.1, -0.05) is 48.9 Å². The van der Waals surface area contributed by atoms with E-state index in [1.165, 1.54) is 18.2 Å². The quantitative estimate of drug-likeness (QED) is 0.214. The molecule has 1 amide bonds. The number of amides is 1. The number of carbonyl (C=O) groups is 1. The van der Waals surface area contributed by atoms with Crippen LogP contribution in [0, 0.1) is 0 Å². The number of aromatic nitrogens is 1. The lowest BCUT2D eigenvalue weighted by atomic mass is 10.0. The molecule has 7 heteroatoms. The third-order valence-electron chi connectivity index (χ3n) is 5.00. The third kappa shape index (κ3) is 4.40. The summed E-state index contributed by atoms with van der Waals surface area (Å²) < 4.78 is 0. The number of hydrogen-bond acceptors (Lipinski definition) is 5. The Morgan fingerprint density at radius 2 is 1.81 bits per heavy atom. The molecule has 32 heavy (non-hydrogen) atoms. The van der Waals surface area contributed by atoms with Crippen molar-refractivity contribution in [3.8, 4) is 22.8 Å². The molecule has 0 bridgehead atoms. The van der Waals surface area contributed by atoms with Crippen molar-refractivity contribution in [1.29, 1.82) is 0 Å². The van der Waals surface area contributed by atoms with E-state index < -0.39 is 5.91 Å². The molecule has 0 saturated carbocycles. The SMILES string of the molecule is CC/C(=N\NC(=O)c1cc(-c2cccc(Cl)c2)nc2ccccc12)c1cc(O)ccc1O. The zero-order valence-corrected chi connectivity index (χ0v) is 18.0. The molecule has 0 aliphatic heterocycles. The molecular weight excluding hydrogens is 426 g/mol. The van der Waals surface area contributed by atoms with E-state index in [1.54, 1.807) is 18.2 Å². The van der Waals surface area contributed by atoms with E-state index in [1.807, 2.05) is 43.3 Å². The van der Waals surface area contributed by atoms with Crippen LogP contribution in [-0.2, 0) is 0 Å². The van der Waals surface area contributed by atoms with Crippen molar-refractivity contribution in [3.05, 3.63) is 88.9 Å².